The third-order valence-electron chi connectivity index (χ3n) is 2.69. The van der Waals surface area contributed by atoms with Crippen LogP contribution in [0.5, 0.6) is 0 Å². The molecule has 0 bridgehead atoms. The number of anilines is 1. The van der Waals surface area contributed by atoms with Crippen LogP contribution in [0.1, 0.15) is 16.6 Å². The minimum absolute atomic E-state index is 0.194. The van der Waals surface area contributed by atoms with Crippen molar-refractivity contribution in [1.82, 2.24) is 4.57 Å². The van der Waals surface area contributed by atoms with E-state index in [1.54, 1.807) is 6.92 Å². The Morgan fingerprint density at radius 1 is 1.38 bits per heavy atom. The summed E-state index contributed by atoms with van der Waals surface area (Å²) in [5, 5.41) is 10.4. The standard InChI is InChI=1S/C12H12N2O5S2/c1-2-14-7-8(3-4-10(14)15)13-21(18,19)9-5-6-20-11(9)12(16)17/h3-7,13H,2H2,1H3,(H,16,17). The highest BCUT2D eigenvalue weighted by atomic mass is 32.2. The van der Waals surface area contributed by atoms with Crippen LogP contribution in [0.4, 0.5) is 5.69 Å². The van der Waals surface area contributed by atoms with E-state index in [9.17, 15) is 18.0 Å². The fourth-order valence-corrected chi connectivity index (χ4v) is 4.02. The van der Waals surface area contributed by atoms with Gasteiger partial charge in [-0.1, -0.05) is 0 Å². The average Bonchev–Trinajstić information content (AvgIpc) is 2.91. The van der Waals surface area contributed by atoms with E-state index in [2.05, 4.69) is 4.72 Å². The normalized spacial score (nSPS) is 11.3. The van der Waals surface area contributed by atoms with Gasteiger partial charge in [-0.3, -0.25) is 9.52 Å². The Labute approximate surface area is 124 Å². The van der Waals surface area contributed by atoms with Crippen LogP contribution in [0.15, 0.2) is 39.5 Å². The van der Waals surface area contributed by atoms with Crippen LogP contribution in [0.2, 0.25) is 0 Å². The lowest BCUT2D eigenvalue weighted by molar-refractivity contribution is 0.0698. The lowest BCUT2D eigenvalue weighted by atomic mass is 10.4. The molecular weight excluding hydrogens is 316 g/mol. The maximum absolute atomic E-state index is 12.2. The number of aromatic carboxylic acids is 1. The van der Waals surface area contributed by atoms with Crippen LogP contribution in [0, 0.1) is 0 Å². The molecule has 2 N–H and O–H groups in total. The molecule has 0 aliphatic carbocycles. The summed E-state index contributed by atoms with van der Waals surface area (Å²) in [6.07, 6.45) is 1.37. The van der Waals surface area contributed by atoms with Gasteiger partial charge < -0.3 is 9.67 Å². The smallest absolute Gasteiger partial charge is 0.347 e. The molecule has 2 aromatic rings. The lowest BCUT2D eigenvalue weighted by Gasteiger charge is -2.09. The van der Waals surface area contributed by atoms with Crippen LogP contribution in [0.25, 0.3) is 0 Å². The number of pyridine rings is 1. The fraction of sp³-hybridized carbons (Fsp3) is 0.167. The molecular formula is C12H12N2O5S2. The molecule has 0 aliphatic heterocycles. The van der Waals surface area contributed by atoms with Crippen LogP contribution in [-0.2, 0) is 16.6 Å². The number of hydrogen-bond acceptors (Lipinski definition) is 5. The van der Waals surface area contributed by atoms with Gasteiger partial charge in [0.15, 0.2) is 0 Å². The topological polar surface area (TPSA) is 105 Å². The fourth-order valence-electron chi connectivity index (χ4n) is 1.71. The number of aromatic nitrogens is 1. The van der Waals surface area contributed by atoms with E-state index in [0.717, 1.165) is 11.3 Å². The monoisotopic (exact) mass is 328 g/mol. The van der Waals surface area contributed by atoms with Crippen LogP contribution >= 0.6 is 11.3 Å². The van der Waals surface area contributed by atoms with Gasteiger partial charge in [0, 0.05) is 18.8 Å². The van der Waals surface area contributed by atoms with Gasteiger partial charge in [-0.25, -0.2) is 13.2 Å². The number of hydrogen-bond donors (Lipinski definition) is 2. The second-order valence-electron chi connectivity index (χ2n) is 4.07. The third-order valence-corrected chi connectivity index (χ3v) is 5.14. The van der Waals surface area contributed by atoms with Crippen molar-refractivity contribution in [2.45, 2.75) is 18.4 Å². The predicted molar refractivity (Wildman–Crippen MR) is 78.5 cm³/mol. The second-order valence-corrected chi connectivity index (χ2v) is 6.63. The van der Waals surface area contributed by atoms with Gasteiger partial charge in [0.2, 0.25) is 0 Å². The zero-order valence-electron chi connectivity index (χ0n) is 10.9. The molecule has 0 aromatic carbocycles. The maximum Gasteiger partial charge on any atom is 0.347 e. The molecule has 21 heavy (non-hydrogen) atoms. The number of sulfonamides is 1. The molecule has 0 spiro atoms. The molecule has 2 rings (SSSR count). The predicted octanol–water partition coefficient (Wildman–Crippen LogP) is 1.43. The highest BCUT2D eigenvalue weighted by Gasteiger charge is 2.24. The second kappa shape index (κ2) is 5.70. The molecule has 7 nitrogen and oxygen atoms in total. The van der Waals surface area contributed by atoms with Gasteiger partial charge in [0.25, 0.3) is 15.6 Å². The summed E-state index contributed by atoms with van der Waals surface area (Å²) >= 11 is 0.831. The summed E-state index contributed by atoms with van der Waals surface area (Å²) < 4.78 is 28.0. The largest absolute Gasteiger partial charge is 0.477 e. The van der Waals surface area contributed by atoms with Gasteiger partial charge in [-0.05, 0) is 24.4 Å². The molecule has 9 heteroatoms. The van der Waals surface area contributed by atoms with E-state index in [-0.39, 0.29) is 21.0 Å². The first kappa shape index (κ1) is 15.3. The van der Waals surface area contributed by atoms with E-state index < -0.39 is 16.0 Å². The first-order chi connectivity index (χ1) is 9.85. The highest BCUT2D eigenvalue weighted by Crippen LogP contribution is 2.24. The van der Waals surface area contributed by atoms with Crippen LogP contribution in [-0.4, -0.2) is 24.1 Å². The van der Waals surface area contributed by atoms with Crippen molar-refractivity contribution in [2.75, 3.05) is 4.72 Å². The van der Waals surface area contributed by atoms with E-state index in [1.165, 1.54) is 34.3 Å². The van der Waals surface area contributed by atoms with Crippen LogP contribution < -0.4 is 10.3 Å². The molecule has 0 atom stereocenters. The number of carboxylic acids is 1. The number of nitrogens with zero attached hydrogens (tertiary/aromatic N) is 1. The number of carboxylic acid groups (broad SMARTS) is 1. The Bertz CT molecular complexity index is 835. The molecule has 112 valence electrons. The Balaban J connectivity index is 2.40. The summed E-state index contributed by atoms with van der Waals surface area (Å²) in [4.78, 5) is 21.9. The molecule has 0 unspecified atom stereocenters. The summed E-state index contributed by atoms with van der Waals surface area (Å²) in [5.74, 6) is -1.30. The number of thiophene rings is 1. The van der Waals surface area contributed by atoms with E-state index in [4.69, 9.17) is 5.11 Å². The molecule has 0 saturated carbocycles. The average molecular weight is 328 g/mol. The highest BCUT2D eigenvalue weighted by molar-refractivity contribution is 7.93. The van der Waals surface area contributed by atoms with Crippen molar-refractivity contribution >= 4 is 33.0 Å². The summed E-state index contributed by atoms with van der Waals surface area (Å²) in [5.41, 5.74) is -0.0544. The maximum atomic E-state index is 12.2. The molecule has 0 radical (unpaired) electrons. The minimum atomic E-state index is -4.02. The SMILES string of the molecule is CCn1cc(NS(=O)(=O)c2ccsc2C(=O)O)ccc1=O. The first-order valence-corrected chi connectivity index (χ1v) is 8.25. The molecule has 0 saturated heterocycles. The van der Waals surface area contributed by atoms with E-state index >= 15 is 0 Å². The first-order valence-electron chi connectivity index (χ1n) is 5.89. The van der Waals surface area contributed by atoms with E-state index in [0.29, 0.717) is 6.54 Å². The number of carbonyl (C=O) groups is 1. The summed E-state index contributed by atoms with van der Waals surface area (Å²) in [7, 11) is -4.02. The quantitative estimate of drug-likeness (QED) is 0.863. The van der Waals surface area contributed by atoms with E-state index in [1.807, 2.05) is 0 Å². The van der Waals surface area contributed by atoms with Crippen LogP contribution in [0.3, 0.4) is 0 Å². The van der Waals surface area contributed by atoms with Gasteiger partial charge in [-0.15, -0.1) is 11.3 Å². The zero-order valence-corrected chi connectivity index (χ0v) is 12.6. The van der Waals surface area contributed by atoms with Gasteiger partial charge in [-0.2, -0.15) is 0 Å². The lowest BCUT2D eigenvalue weighted by Crippen LogP contribution is -2.20. The molecule has 0 fully saturated rings. The molecule has 2 aromatic heterocycles. The Morgan fingerprint density at radius 3 is 2.71 bits per heavy atom. The molecule has 0 aliphatic rings. The third kappa shape index (κ3) is 3.14. The Kier molecular flexibility index (Phi) is 4.14. The van der Waals surface area contributed by atoms with Crippen molar-refractivity contribution in [3.63, 3.8) is 0 Å². The van der Waals surface area contributed by atoms with Gasteiger partial charge >= 0.3 is 5.97 Å². The molecule has 0 amide bonds. The van der Waals surface area contributed by atoms with Crippen molar-refractivity contribution < 1.29 is 18.3 Å². The van der Waals surface area contributed by atoms with Crippen molar-refractivity contribution in [1.29, 1.82) is 0 Å². The number of nitrogens with one attached hydrogen (secondary N) is 1. The van der Waals surface area contributed by atoms with Crippen molar-refractivity contribution in [3.05, 3.63) is 45.0 Å². The van der Waals surface area contributed by atoms with Gasteiger partial charge in [0.1, 0.15) is 9.77 Å². The van der Waals surface area contributed by atoms with Crippen molar-refractivity contribution in [3.8, 4) is 0 Å². The molecule has 2 heterocycles. The Hall–Kier alpha value is -2.13. The summed E-state index contributed by atoms with van der Waals surface area (Å²) in [6, 6.07) is 3.80. The minimum Gasteiger partial charge on any atom is -0.477 e. The number of aryl methyl sites for hydroxylation is 1. The number of rotatable bonds is 5. The van der Waals surface area contributed by atoms with Crippen molar-refractivity contribution in [2.24, 2.45) is 0 Å². The zero-order chi connectivity index (χ0) is 15.6. The Morgan fingerprint density at radius 2 is 2.10 bits per heavy atom. The summed E-state index contributed by atoms with van der Waals surface area (Å²) in [6.45, 7) is 2.15. The van der Waals surface area contributed by atoms with Gasteiger partial charge in [0.05, 0.1) is 5.69 Å².